The molecule has 2 aromatic carbocycles. The Hall–Kier alpha value is -3.77. The van der Waals surface area contributed by atoms with Crippen LogP contribution in [-0.4, -0.2) is 58.6 Å². The van der Waals surface area contributed by atoms with Crippen molar-refractivity contribution in [3.05, 3.63) is 81.2 Å². The molecule has 2 N–H and O–H groups in total. The highest BCUT2D eigenvalue weighted by molar-refractivity contribution is 7.12. The van der Waals surface area contributed by atoms with Crippen LogP contribution in [0.4, 0.5) is 5.69 Å². The second-order valence-corrected chi connectivity index (χ2v) is 10.2. The number of para-hydroxylation sites is 1. The highest BCUT2D eigenvalue weighted by Crippen LogP contribution is 2.25. The van der Waals surface area contributed by atoms with Crippen LogP contribution in [-0.2, 0) is 6.54 Å². The first-order valence-corrected chi connectivity index (χ1v) is 13.4. The SMILES string of the molecule is Cc1ccsc1C(=O)Nc1cc(CN2CCN(CCC#N)CC2)ccc1C=Cc1n[nH]c2ccccc12. The Kier molecular flexibility index (Phi) is 7.76. The van der Waals surface area contributed by atoms with E-state index in [4.69, 9.17) is 5.26 Å². The standard InChI is InChI=1S/C29H30N6OS/c1-21-11-18-37-28(21)29(36)31-27-19-22(20-35-16-14-34(15-17-35)13-4-12-30)7-8-23(27)9-10-26-24-5-2-3-6-25(24)32-33-26/h2-3,5-11,18-19H,4,13-17,20H2,1H3,(H,31,36)(H,32,33). The number of H-pyrrole nitrogens is 1. The fourth-order valence-electron chi connectivity index (χ4n) is 4.66. The molecule has 1 amide bonds. The summed E-state index contributed by atoms with van der Waals surface area (Å²) < 4.78 is 0. The van der Waals surface area contributed by atoms with Crippen LogP contribution >= 0.6 is 11.3 Å². The highest BCUT2D eigenvalue weighted by atomic mass is 32.1. The quantitative estimate of drug-likeness (QED) is 0.332. The third-order valence-corrected chi connectivity index (χ3v) is 7.78. The van der Waals surface area contributed by atoms with Gasteiger partial charge in [-0.15, -0.1) is 11.3 Å². The molecule has 0 saturated carbocycles. The highest BCUT2D eigenvalue weighted by Gasteiger charge is 2.18. The van der Waals surface area contributed by atoms with Gasteiger partial charge in [0.2, 0.25) is 0 Å². The van der Waals surface area contributed by atoms with Crippen LogP contribution in [0.25, 0.3) is 23.1 Å². The number of hydrogen-bond donors (Lipinski definition) is 2. The minimum Gasteiger partial charge on any atom is -0.321 e. The largest absolute Gasteiger partial charge is 0.321 e. The Balaban J connectivity index is 1.36. The molecule has 0 radical (unpaired) electrons. The van der Waals surface area contributed by atoms with Crippen molar-refractivity contribution < 1.29 is 4.79 Å². The van der Waals surface area contributed by atoms with Crippen LogP contribution in [0.5, 0.6) is 0 Å². The summed E-state index contributed by atoms with van der Waals surface area (Å²) in [6.45, 7) is 7.51. The maximum atomic E-state index is 13.1. The lowest BCUT2D eigenvalue weighted by atomic mass is 10.1. The van der Waals surface area contributed by atoms with E-state index in [0.29, 0.717) is 6.42 Å². The Bertz CT molecular complexity index is 1450. The number of carbonyl (C=O) groups is 1. The van der Waals surface area contributed by atoms with E-state index in [1.54, 1.807) is 0 Å². The van der Waals surface area contributed by atoms with Gasteiger partial charge in [0, 0.05) is 56.8 Å². The van der Waals surface area contributed by atoms with Gasteiger partial charge in [0.15, 0.2) is 0 Å². The zero-order valence-electron chi connectivity index (χ0n) is 20.9. The molecule has 1 aliphatic heterocycles. The molecule has 1 fully saturated rings. The van der Waals surface area contributed by atoms with E-state index in [-0.39, 0.29) is 5.91 Å². The number of aromatic amines is 1. The number of rotatable bonds is 8. The fourth-order valence-corrected chi connectivity index (χ4v) is 5.48. The summed E-state index contributed by atoms with van der Waals surface area (Å²) in [6, 6.07) is 18.5. The summed E-state index contributed by atoms with van der Waals surface area (Å²) in [5.41, 5.74) is 5.71. The minimum atomic E-state index is -0.0874. The number of hydrogen-bond acceptors (Lipinski definition) is 6. The minimum absolute atomic E-state index is 0.0874. The lowest BCUT2D eigenvalue weighted by Gasteiger charge is -2.34. The van der Waals surface area contributed by atoms with Gasteiger partial charge < -0.3 is 5.32 Å². The number of nitrogens with zero attached hydrogens (tertiary/aromatic N) is 4. The van der Waals surface area contributed by atoms with E-state index in [1.807, 2.05) is 54.8 Å². The Morgan fingerprint density at radius 3 is 2.73 bits per heavy atom. The van der Waals surface area contributed by atoms with Crippen molar-refractivity contribution >= 4 is 46.0 Å². The van der Waals surface area contributed by atoms with E-state index < -0.39 is 0 Å². The smallest absolute Gasteiger partial charge is 0.266 e. The Labute approximate surface area is 221 Å². The molecule has 8 heteroatoms. The van der Waals surface area contributed by atoms with Crippen molar-refractivity contribution in [2.24, 2.45) is 0 Å². The third kappa shape index (κ3) is 5.97. The predicted octanol–water partition coefficient (Wildman–Crippen LogP) is 5.39. The van der Waals surface area contributed by atoms with Crippen molar-refractivity contribution in [2.45, 2.75) is 19.9 Å². The normalized spacial score (nSPS) is 14.8. The van der Waals surface area contributed by atoms with Gasteiger partial charge in [0.25, 0.3) is 5.91 Å². The first-order valence-electron chi connectivity index (χ1n) is 12.5. The van der Waals surface area contributed by atoms with E-state index in [9.17, 15) is 4.79 Å². The number of carbonyl (C=O) groups excluding carboxylic acids is 1. The van der Waals surface area contributed by atoms with Crippen LogP contribution < -0.4 is 5.32 Å². The van der Waals surface area contributed by atoms with Gasteiger partial charge in [-0.3, -0.25) is 19.7 Å². The monoisotopic (exact) mass is 510 g/mol. The maximum Gasteiger partial charge on any atom is 0.266 e. The number of nitriles is 1. The van der Waals surface area contributed by atoms with E-state index in [2.05, 4.69) is 49.6 Å². The lowest BCUT2D eigenvalue weighted by Crippen LogP contribution is -2.46. The van der Waals surface area contributed by atoms with Crippen molar-refractivity contribution in [2.75, 3.05) is 38.0 Å². The summed E-state index contributed by atoms with van der Waals surface area (Å²) in [5, 5.41) is 22.5. The van der Waals surface area contributed by atoms with Crippen molar-refractivity contribution in [1.29, 1.82) is 5.26 Å². The molecule has 188 valence electrons. The van der Waals surface area contributed by atoms with E-state index >= 15 is 0 Å². The van der Waals surface area contributed by atoms with Crippen molar-refractivity contribution in [1.82, 2.24) is 20.0 Å². The first-order chi connectivity index (χ1) is 18.1. The molecule has 2 aromatic heterocycles. The topological polar surface area (TPSA) is 88.1 Å². The molecule has 0 unspecified atom stereocenters. The first kappa shape index (κ1) is 24.9. The zero-order valence-corrected chi connectivity index (χ0v) is 21.7. The molecule has 1 aliphatic rings. The molecule has 7 nitrogen and oxygen atoms in total. The number of benzene rings is 2. The molecule has 0 bridgehead atoms. The lowest BCUT2D eigenvalue weighted by molar-refractivity contribution is 0.103. The average molecular weight is 511 g/mol. The van der Waals surface area contributed by atoms with Crippen LogP contribution in [0.1, 0.15) is 38.5 Å². The number of aryl methyl sites for hydroxylation is 1. The average Bonchev–Trinajstić information content (AvgIpc) is 3.54. The van der Waals surface area contributed by atoms with Gasteiger partial charge >= 0.3 is 0 Å². The Morgan fingerprint density at radius 1 is 1.14 bits per heavy atom. The van der Waals surface area contributed by atoms with Gasteiger partial charge in [-0.25, -0.2) is 0 Å². The molecule has 3 heterocycles. The molecule has 0 spiro atoms. The van der Waals surface area contributed by atoms with Crippen LogP contribution in [0.3, 0.4) is 0 Å². The zero-order chi connectivity index (χ0) is 25.6. The molecule has 0 atom stereocenters. The number of nitrogens with one attached hydrogen (secondary N) is 2. The number of thiophene rings is 1. The second-order valence-electron chi connectivity index (χ2n) is 9.32. The van der Waals surface area contributed by atoms with Crippen molar-refractivity contribution in [3.8, 4) is 6.07 Å². The number of anilines is 1. The number of fused-ring (bicyclic) bond motifs is 1. The molecule has 37 heavy (non-hydrogen) atoms. The van der Waals surface area contributed by atoms with Gasteiger partial charge in [0.1, 0.15) is 0 Å². The summed E-state index contributed by atoms with van der Waals surface area (Å²) >= 11 is 1.46. The molecule has 0 aliphatic carbocycles. The van der Waals surface area contributed by atoms with Crippen molar-refractivity contribution in [3.63, 3.8) is 0 Å². The number of amides is 1. The molecular weight excluding hydrogens is 480 g/mol. The van der Waals surface area contributed by atoms with E-state index in [0.717, 1.165) is 83.1 Å². The maximum absolute atomic E-state index is 13.1. The molecule has 4 aromatic rings. The van der Waals surface area contributed by atoms with Crippen LogP contribution in [0.15, 0.2) is 53.9 Å². The number of piperazine rings is 1. The van der Waals surface area contributed by atoms with Gasteiger partial charge in [0.05, 0.1) is 22.2 Å². The second kappa shape index (κ2) is 11.5. The third-order valence-electron chi connectivity index (χ3n) is 6.77. The Morgan fingerprint density at radius 2 is 1.95 bits per heavy atom. The summed E-state index contributed by atoms with van der Waals surface area (Å²) in [4.78, 5) is 18.6. The number of aromatic nitrogens is 2. The molecule has 5 rings (SSSR count). The van der Waals surface area contributed by atoms with E-state index in [1.165, 1.54) is 11.3 Å². The predicted molar refractivity (Wildman–Crippen MR) is 150 cm³/mol. The van der Waals surface area contributed by atoms with Gasteiger partial charge in [-0.2, -0.15) is 10.4 Å². The summed E-state index contributed by atoms with van der Waals surface area (Å²) in [6.07, 6.45) is 4.58. The van der Waals surface area contributed by atoms with Crippen LogP contribution in [0.2, 0.25) is 0 Å². The van der Waals surface area contributed by atoms with Gasteiger partial charge in [-0.05, 0) is 53.3 Å². The summed E-state index contributed by atoms with van der Waals surface area (Å²) in [7, 11) is 0. The molecular formula is C29H30N6OS. The molecule has 1 saturated heterocycles. The fraction of sp³-hybridized carbons (Fsp3) is 0.276. The van der Waals surface area contributed by atoms with Gasteiger partial charge in [-0.1, -0.05) is 36.4 Å². The van der Waals surface area contributed by atoms with Crippen LogP contribution in [0, 0.1) is 18.3 Å². The summed E-state index contributed by atoms with van der Waals surface area (Å²) in [5.74, 6) is -0.0874.